The zero-order valence-electron chi connectivity index (χ0n) is 14.4. The lowest BCUT2D eigenvalue weighted by Crippen LogP contribution is -2.09. The molecule has 5 nitrogen and oxygen atoms in total. The third-order valence-corrected chi connectivity index (χ3v) is 4.07. The summed E-state index contributed by atoms with van der Waals surface area (Å²) in [7, 11) is 1.57. The standard InChI is InChI=1S/C19H15F3N2O3/c1-11(12-3-5-13(6-4-12)19(20,21)22)9-17(25)23-14-7-8-15-16(10-14)27-18(26)24(15)2/h3-10H,1-2H3,(H,23,25). The molecule has 0 spiro atoms. The van der Waals surface area contributed by atoms with Crippen LogP contribution in [0.4, 0.5) is 18.9 Å². The maximum absolute atomic E-state index is 12.6. The molecule has 1 aromatic heterocycles. The first-order valence-electron chi connectivity index (χ1n) is 7.91. The molecule has 0 aliphatic heterocycles. The Morgan fingerprint density at radius 2 is 1.81 bits per heavy atom. The molecule has 8 heteroatoms. The average Bonchev–Trinajstić information content (AvgIpc) is 2.88. The lowest BCUT2D eigenvalue weighted by Gasteiger charge is -2.08. The van der Waals surface area contributed by atoms with Gasteiger partial charge in [-0.15, -0.1) is 0 Å². The number of hydrogen-bond acceptors (Lipinski definition) is 3. The zero-order valence-corrected chi connectivity index (χ0v) is 14.4. The largest absolute Gasteiger partial charge is 0.419 e. The minimum atomic E-state index is -4.40. The number of carbonyl (C=O) groups excluding carboxylic acids is 1. The second-order valence-corrected chi connectivity index (χ2v) is 6.00. The summed E-state index contributed by atoms with van der Waals surface area (Å²) < 4.78 is 44.2. The summed E-state index contributed by atoms with van der Waals surface area (Å²) in [5, 5.41) is 2.63. The maximum Gasteiger partial charge on any atom is 0.419 e. The number of rotatable bonds is 3. The highest BCUT2D eigenvalue weighted by Crippen LogP contribution is 2.30. The first-order chi connectivity index (χ1) is 12.6. The molecule has 0 unspecified atom stereocenters. The van der Waals surface area contributed by atoms with Crippen LogP contribution in [-0.2, 0) is 18.0 Å². The topological polar surface area (TPSA) is 64.2 Å². The van der Waals surface area contributed by atoms with Crippen molar-refractivity contribution in [3.63, 3.8) is 0 Å². The van der Waals surface area contributed by atoms with Crippen molar-refractivity contribution < 1.29 is 22.4 Å². The number of anilines is 1. The SMILES string of the molecule is CC(=CC(=O)Nc1ccc2c(c1)oc(=O)n2C)c1ccc(C(F)(F)F)cc1. The Morgan fingerprint density at radius 1 is 1.15 bits per heavy atom. The minimum absolute atomic E-state index is 0.337. The van der Waals surface area contributed by atoms with E-state index in [0.29, 0.717) is 27.9 Å². The van der Waals surface area contributed by atoms with Crippen LogP contribution in [0.3, 0.4) is 0 Å². The van der Waals surface area contributed by atoms with Gasteiger partial charge in [-0.1, -0.05) is 12.1 Å². The smallest absolute Gasteiger partial charge is 0.408 e. The molecule has 0 aliphatic rings. The highest BCUT2D eigenvalue weighted by atomic mass is 19.4. The van der Waals surface area contributed by atoms with Gasteiger partial charge in [0.25, 0.3) is 0 Å². The summed E-state index contributed by atoms with van der Waals surface area (Å²) in [4.78, 5) is 23.7. The fraction of sp³-hybridized carbons (Fsp3) is 0.158. The number of hydrogen-bond donors (Lipinski definition) is 1. The Labute approximate surface area is 151 Å². The molecule has 1 amide bonds. The Balaban J connectivity index is 1.77. The van der Waals surface area contributed by atoms with Gasteiger partial charge >= 0.3 is 11.9 Å². The summed E-state index contributed by atoms with van der Waals surface area (Å²) >= 11 is 0. The normalized spacial score (nSPS) is 12.4. The van der Waals surface area contributed by atoms with Gasteiger partial charge in [0.2, 0.25) is 5.91 Å². The van der Waals surface area contributed by atoms with E-state index >= 15 is 0 Å². The van der Waals surface area contributed by atoms with Crippen LogP contribution in [0, 0.1) is 0 Å². The molecule has 0 aliphatic carbocycles. The molecule has 3 rings (SSSR count). The molecule has 1 N–H and O–H groups in total. The van der Waals surface area contributed by atoms with Crippen LogP contribution >= 0.6 is 0 Å². The number of aromatic nitrogens is 1. The van der Waals surface area contributed by atoms with E-state index in [4.69, 9.17) is 4.42 Å². The van der Waals surface area contributed by atoms with Crippen molar-refractivity contribution in [3.05, 3.63) is 70.2 Å². The first-order valence-corrected chi connectivity index (χ1v) is 7.91. The Hall–Kier alpha value is -3.29. The quantitative estimate of drug-likeness (QED) is 0.697. The first kappa shape index (κ1) is 18.5. The second-order valence-electron chi connectivity index (χ2n) is 6.00. The van der Waals surface area contributed by atoms with Gasteiger partial charge in [-0.25, -0.2) is 4.79 Å². The van der Waals surface area contributed by atoms with Gasteiger partial charge in [0, 0.05) is 24.9 Å². The second kappa shape index (κ2) is 6.79. The van der Waals surface area contributed by atoms with Gasteiger partial charge in [-0.2, -0.15) is 13.2 Å². The molecule has 27 heavy (non-hydrogen) atoms. The lowest BCUT2D eigenvalue weighted by molar-refractivity contribution is -0.137. The van der Waals surface area contributed by atoms with Crippen molar-refractivity contribution in [1.82, 2.24) is 4.57 Å². The number of aryl methyl sites for hydroxylation is 1. The van der Waals surface area contributed by atoms with Crippen molar-refractivity contribution in [1.29, 1.82) is 0 Å². The van der Waals surface area contributed by atoms with Crippen LogP contribution in [0.2, 0.25) is 0 Å². The number of fused-ring (bicyclic) bond motifs is 1. The Bertz CT molecular complexity index is 1090. The minimum Gasteiger partial charge on any atom is -0.408 e. The van der Waals surface area contributed by atoms with Gasteiger partial charge in [-0.05, 0) is 42.3 Å². The highest BCUT2D eigenvalue weighted by Gasteiger charge is 2.29. The van der Waals surface area contributed by atoms with Gasteiger partial charge in [-0.3, -0.25) is 9.36 Å². The summed E-state index contributed by atoms with van der Waals surface area (Å²) in [5.41, 5.74) is 1.62. The van der Waals surface area contributed by atoms with E-state index in [-0.39, 0.29) is 0 Å². The molecule has 0 saturated heterocycles. The number of amides is 1. The van der Waals surface area contributed by atoms with Crippen LogP contribution in [0.5, 0.6) is 0 Å². The third kappa shape index (κ3) is 3.94. The highest BCUT2D eigenvalue weighted by molar-refractivity contribution is 6.04. The van der Waals surface area contributed by atoms with E-state index in [1.54, 1.807) is 26.1 Å². The number of alkyl halides is 3. The molecule has 0 radical (unpaired) electrons. The number of nitrogens with zero attached hydrogens (tertiary/aromatic N) is 1. The molecule has 1 heterocycles. The summed E-state index contributed by atoms with van der Waals surface area (Å²) in [6.45, 7) is 1.63. The van der Waals surface area contributed by atoms with Crippen LogP contribution in [-0.4, -0.2) is 10.5 Å². The van der Waals surface area contributed by atoms with Crippen LogP contribution in [0.15, 0.2) is 57.8 Å². The van der Waals surface area contributed by atoms with Crippen molar-refractivity contribution >= 4 is 28.3 Å². The van der Waals surface area contributed by atoms with Gasteiger partial charge < -0.3 is 9.73 Å². The number of carbonyl (C=O) groups is 1. The molecule has 0 atom stereocenters. The number of nitrogens with one attached hydrogen (secondary N) is 1. The van der Waals surface area contributed by atoms with Crippen LogP contribution < -0.4 is 11.1 Å². The maximum atomic E-state index is 12.6. The lowest BCUT2D eigenvalue weighted by atomic mass is 10.0. The molecule has 0 fully saturated rings. The fourth-order valence-corrected chi connectivity index (χ4v) is 2.59. The van der Waals surface area contributed by atoms with Crippen molar-refractivity contribution in [3.8, 4) is 0 Å². The summed E-state index contributed by atoms with van der Waals surface area (Å²) in [5.74, 6) is -0.962. The molecule has 140 valence electrons. The van der Waals surface area contributed by atoms with E-state index in [0.717, 1.165) is 12.1 Å². The van der Waals surface area contributed by atoms with Gasteiger partial charge in [0.05, 0.1) is 11.1 Å². The fourth-order valence-electron chi connectivity index (χ4n) is 2.59. The van der Waals surface area contributed by atoms with Crippen molar-refractivity contribution in [2.45, 2.75) is 13.1 Å². The summed E-state index contributed by atoms with van der Waals surface area (Å²) in [6, 6.07) is 9.35. The molecular formula is C19H15F3N2O3. The predicted molar refractivity (Wildman–Crippen MR) is 95.2 cm³/mol. The van der Waals surface area contributed by atoms with Crippen LogP contribution in [0.25, 0.3) is 16.7 Å². The third-order valence-electron chi connectivity index (χ3n) is 4.07. The molecular weight excluding hydrogens is 361 g/mol. The summed E-state index contributed by atoms with van der Waals surface area (Å²) in [6.07, 6.45) is -3.12. The van der Waals surface area contributed by atoms with Gasteiger partial charge in [0.1, 0.15) is 0 Å². The van der Waals surface area contributed by atoms with Crippen LogP contribution in [0.1, 0.15) is 18.1 Å². The van der Waals surface area contributed by atoms with E-state index < -0.39 is 23.4 Å². The number of oxazole rings is 1. The van der Waals surface area contributed by atoms with E-state index in [1.165, 1.54) is 28.8 Å². The van der Waals surface area contributed by atoms with Crippen molar-refractivity contribution in [2.24, 2.45) is 7.05 Å². The van der Waals surface area contributed by atoms with Crippen molar-refractivity contribution in [2.75, 3.05) is 5.32 Å². The molecule has 2 aromatic carbocycles. The number of benzene rings is 2. The Kier molecular flexibility index (Phi) is 4.65. The Morgan fingerprint density at radius 3 is 2.44 bits per heavy atom. The molecule has 3 aromatic rings. The number of halogens is 3. The average molecular weight is 376 g/mol. The van der Waals surface area contributed by atoms with Gasteiger partial charge in [0.15, 0.2) is 5.58 Å². The monoisotopic (exact) mass is 376 g/mol. The van der Waals surface area contributed by atoms with E-state index in [9.17, 15) is 22.8 Å². The molecule has 0 saturated carbocycles. The van der Waals surface area contributed by atoms with E-state index in [1.807, 2.05) is 0 Å². The molecule has 0 bridgehead atoms. The predicted octanol–water partition coefficient (Wildman–Crippen LogP) is 4.19. The number of allylic oxidation sites excluding steroid dienone is 1. The van der Waals surface area contributed by atoms with E-state index in [2.05, 4.69) is 5.32 Å². The zero-order chi connectivity index (χ0) is 19.8.